The zero-order chi connectivity index (χ0) is 25.3. The average molecular weight is 534 g/mol. The highest BCUT2D eigenvalue weighted by Crippen LogP contribution is 2.36. The first-order valence-corrected chi connectivity index (χ1v) is 11.4. The van der Waals surface area contributed by atoms with E-state index in [9.17, 15) is 14.4 Å². The van der Waals surface area contributed by atoms with Crippen LogP contribution in [0.15, 0.2) is 46.0 Å². The van der Waals surface area contributed by atoms with Gasteiger partial charge in [-0.1, -0.05) is 31.5 Å². The third kappa shape index (κ3) is 7.87. The van der Waals surface area contributed by atoms with Crippen molar-refractivity contribution in [3.8, 4) is 11.5 Å². The molecule has 1 atom stereocenters. The van der Waals surface area contributed by atoms with Gasteiger partial charge in [-0.3, -0.25) is 9.59 Å². The van der Waals surface area contributed by atoms with Crippen LogP contribution >= 0.6 is 15.9 Å². The van der Waals surface area contributed by atoms with Gasteiger partial charge in [0.2, 0.25) is 0 Å². The molecule has 2 rings (SSSR count). The molecule has 0 spiro atoms. The van der Waals surface area contributed by atoms with Gasteiger partial charge < -0.3 is 19.9 Å². The van der Waals surface area contributed by atoms with E-state index >= 15 is 0 Å². The van der Waals surface area contributed by atoms with Crippen molar-refractivity contribution in [2.45, 2.75) is 33.7 Å². The Kier molecular flexibility index (Phi) is 10.1. The number of ether oxygens (including phenoxy) is 2. The van der Waals surface area contributed by atoms with Crippen molar-refractivity contribution in [1.29, 1.82) is 0 Å². The fraction of sp³-hybridized carbons (Fsp3) is 0.333. The number of halogens is 1. The normalized spacial score (nSPS) is 11.8. The number of carbonyl (C=O) groups is 3. The Hall–Kier alpha value is -3.40. The minimum absolute atomic E-state index is 0.172. The van der Waals surface area contributed by atoms with Gasteiger partial charge in [-0.2, -0.15) is 5.10 Å². The molecule has 10 heteroatoms. The number of amides is 2. The van der Waals surface area contributed by atoms with Crippen LogP contribution in [0.25, 0.3) is 0 Å². The second-order valence-corrected chi connectivity index (χ2v) is 8.60. The number of nitrogens with one attached hydrogen (secondary N) is 2. The average Bonchev–Trinajstić information content (AvgIpc) is 2.77. The van der Waals surface area contributed by atoms with E-state index in [2.05, 4.69) is 31.8 Å². The zero-order valence-electron chi connectivity index (χ0n) is 19.4. The van der Waals surface area contributed by atoms with Crippen LogP contribution in [0.5, 0.6) is 11.5 Å². The van der Waals surface area contributed by atoms with Crippen LogP contribution in [0.4, 0.5) is 0 Å². The number of aryl methyl sites for hydroxylation is 1. The van der Waals surface area contributed by atoms with Crippen molar-refractivity contribution in [2.75, 3.05) is 13.2 Å². The van der Waals surface area contributed by atoms with Gasteiger partial charge in [0.1, 0.15) is 6.04 Å². The topological polar surface area (TPSA) is 126 Å². The van der Waals surface area contributed by atoms with E-state index in [1.165, 1.54) is 6.21 Å². The fourth-order valence-corrected chi connectivity index (χ4v) is 3.48. The van der Waals surface area contributed by atoms with E-state index in [1.807, 2.05) is 32.9 Å². The zero-order valence-corrected chi connectivity index (χ0v) is 21.0. The van der Waals surface area contributed by atoms with Gasteiger partial charge in [-0.15, -0.1) is 0 Å². The fourth-order valence-electron chi connectivity index (χ4n) is 2.90. The number of rotatable bonds is 11. The van der Waals surface area contributed by atoms with E-state index in [1.54, 1.807) is 31.2 Å². The molecular formula is C24H28BrN3O6. The number of nitrogens with zero attached hydrogens (tertiary/aromatic N) is 1. The van der Waals surface area contributed by atoms with Crippen LogP contribution < -0.4 is 20.2 Å². The Labute approximate surface area is 206 Å². The van der Waals surface area contributed by atoms with Crippen LogP contribution in [-0.4, -0.2) is 48.4 Å². The number of hydrogen-bond acceptors (Lipinski definition) is 6. The molecule has 0 saturated carbocycles. The largest absolute Gasteiger partial charge is 0.490 e. The van der Waals surface area contributed by atoms with Crippen molar-refractivity contribution in [1.82, 2.24) is 10.7 Å². The second kappa shape index (κ2) is 12.7. The molecule has 34 heavy (non-hydrogen) atoms. The van der Waals surface area contributed by atoms with Crippen LogP contribution in [0.2, 0.25) is 0 Å². The summed E-state index contributed by atoms with van der Waals surface area (Å²) >= 11 is 3.34. The first-order chi connectivity index (χ1) is 16.1. The van der Waals surface area contributed by atoms with Gasteiger partial charge in [0.25, 0.3) is 11.8 Å². The highest BCUT2D eigenvalue weighted by Gasteiger charge is 2.24. The molecular weight excluding hydrogens is 506 g/mol. The molecule has 0 bridgehead atoms. The maximum atomic E-state index is 12.7. The molecule has 0 saturated heterocycles. The quantitative estimate of drug-likeness (QED) is 0.299. The van der Waals surface area contributed by atoms with E-state index in [0.29, 0.717) is 28.0 Å². The molecule has 0 aliphatic carbocycles. The number of aliphatic carboxylic acids is 1. The molecule has 0 radical (unpaired) electrons. The molecule has 1 unspecified atom stereocenters. The van der Waals surface area contributed by atoms with Crippen molar-refractivity contribution < 1.29 is 29.0 Å². The number of hydrazone groups is 1. The van der Waals surface area contributed by atoms with Crippen LogP contribution in [0, 0.1) is 12.8 Å². The van der Waals surface area contributed by atoms with Gasteiger partial charge in [0, 0.05) is 5.56 Å². The molecule has 2 aromatic rings. The summed E-state index contributed by atoms with van der Waals surface area (Å²) in [6, 6.07) is 9.54. The number of carboxylic acids is 1. The smallest absolute Gasteiger partial charge is 0.341 e. The minimum atomic E-state index is -1.11. The molecule has 0 heterocycles. The van der Waals surface area contributed by atoms with E-state index in [-0.39, 0.29) is 17.6 Å². The molecule has 2 aromatic carbocycles. The number of carbonyl (C=O) groups excluding carboxylic acids is 2. The van der Waals surface area contributed by atoms with Crippen LogP contribution in [0.3, 0.4) is 0 Å². The molecule has 2 amide bonds. The number of hydrogen-bond donors (Lipinski definition) is 3. The lowest BCUT2D eigenvalue weighted by atomic mass is 10.0. The minimum Gasteiger partial charge on any atom is -0.490 e. The monoisotopic (exact) mass is 533 g/mol. The molecule has 0 aliphatic rings. The van der Waals surface area contributed by atoms with Gasteiger partial charge >= 0.3 is 5.97 Å². The summed E-state index contributed by atoms with van der Waals surface area (Å²) in [6.07, 6.45) is 1.41. The van der Waals surface area contributed by atoms with Gasteiger partial charge in [-0.25, -0.2) is 10.2 Å². The van der Waals surface area contributed by atoms with Crippen LogP contribution in [0.1, 0.15) is 42.3 Å². The molecule has 3 N–H and O–H groups in total. The predicted octanol–water partition coefficient (Wildman–Crippen LogP) is 3.52. The summed E-state index contributed by atoms with van der Waals surface area (Å²) in [5, 5.41) is 15.6. The van der Waals surface area contributed by atoms with Gasteiger partial charge in [-0.05, 0) is 65.5 Å². The van der Waals surface area contributed by atoms with Crippen molar-refractivity contribution in [2.24, 2.45) is 11.0 Å². The maximum Gasteiger partial charge on any atom is 0.341 e. The van der Waals surface area contributed by atoms with Crippen molar-refractivity contribution in [3.63, 3.8) is 0 Å². The third-order valence-electron chi connectivity index (χ3n) is 4.61. The lowest BCUT2D eigenvalue weighted by Crippen LogP contribution is -2.48. The summed E-state index contributed by atoms with van der Waals surface area (Å²) in [6.45, 7) is 7.18. The second-order valence-electron chi connectivity index (χ2n) is 7.74. The lowest BCUT2D eigenvalue weighted by Gasteiger charge is -2.20. The van der Waals surface area contributed by atoms with E-state index in [0.717, 1.165) is 5.56 Å². The standard InChI is InChI=1S/C24H28BrN3O6/c1-5-33-19-11-16(10-18(25)22(19)34-13-20(29)30)12-26-28-24(32)21(14(2)3)27-23(31)17-8-6-15(4)7-9-17/h6-12,14,21H,5,13H2,1-4H3,(H,27,31)(H,28,32)(H,29,30). The van der Waals surface area contributed by atoms with E-state index < -0.39 is 24.5 Å². The Balaban J connectivity index is 2.10. The first-order valence-electron chi connectivity index (χ1n) is 10.6. The van der Waals surface area contributed by atoms with Crippen molar-refractivity contribution in [3.05, 3.63) is 57.6 Å². The summed E-state index contributed by atoms with van der Waals surface area (Å²) in [5.41, 5.74) is 4.52. The highest BCUT2D eigenvalue weighted by atomic mass is 79.9. The highest BCUT2D eigenvalue weighted by molar-refractivity contribution is 9.10. The molecule has 0 fully saturated rings. The Morgan fingerprint density at radius 3 is 2.41 bits per heavy atom. The van der Waals surface area contributed by atoms with Gasteiger partial charge in [0.05, 0.1) is 17.3 Å². The first kappa shape index (κ1) is 26.8. The SMILES string of the molecule is CCOc1cc(C=NNC(=O)C(NC(=O)c2ccc(C)cc2)C(C)C)cc(Br)c1OCC(=O)O. The lowest BCUT2D eigenvalue weighted by molar-refractivity contribution is -0.139. The Morgan fingerprint density at radius 2 is 1.82 bits per heavy atom. The Morgan fingerprint density at radius 1 is 1.15 bits per heavy atom. The summed E-state index contributed by atoms with van der Waals surface area (Å²) in [5.74, 6) is -1.51. The van der Waals surface area contributed by atoms with Crippen LogP contribution in [-0.2, 0) is 9.59 Å². The molecule has 9 nitrogen and oxygen atoms in total. The summed E-state index contributed by atoms with van der Waals surface area (Å²) in [4.78, 5) is 36.0. The maximum absolute atomic E-state index is 12.7. The number of benzene rings is 2. The number of carboxylic acid groups (broad SMARTS) is 1. The van der Waals surface area contributed by atoms with E-state index in [4.69, 9.17) is 14.6 Å². The van der Waals surface area contributed by atoms with Gasteiger partial charge in [0.15, 0.2) is 18.1 Å². The summed E-state index contributed by atoms with van der Waals surface area (Å²) < 4.78 is 11.3. The third-order valence-corrected chi connectivity index (χ3v) is 5.20. The Bertz CT molecular complexity index is 1050. The predicted molar refractivity (Wildman–Crippen MR) is 131 cm³/mol. The molecule has 0 aliphatic heterocycles. The summed E-state index contributed by atoms with van der Waals surface area (Å²) in [7, 11) is 0. The van der Waals surface area contributed by atoms with Crippen molar-refractivity contribution >= 4 is 39.9 Å². The molecule has 0 aromatic heterocycles. The molecule has 182 valence electrons.